The van der Waals surface area contributed by atoms with Crippen molar-refractivity contribution in [1.29, 1.82) is 0 Å². The number of anilines is 1. The van der Waals surface area contributed by atoms with Crippen LogP contribution in [0.15, 0.2) is 24.3 Å². The number of carbonyl (C=O) groups excluding carboxylic acids is 1. The van der Waals surface area contributed by atoms with Gasteiger partial charge in [-0.05, 0) is 44.9 Å². The molecule has 1 amide bonds. The summed E-state index contributed by atoms with van der Waals surface area (Å²) in [7, 11) is 1.93. The van der Waals surface area contributed by atoms with Crippen LogP contribution in [0.5, 0.6) is 0 Å². The van der Waals surface area contributed by atoms with E-state index < -0.39 is 5.82 Å². The first-order chi connectivity index (χ1) is 9.56. The van der Waals surface area contributed by atoms with Crippen molar-refractivity contribution in [3.8, 4) is 0 Å². The van der Waals surface area contributed by atoms with Crippen LogP contribution in [-0.4, -0.2) is 36.5 Å². The van der Waals surface area contributed by atoms with E-state index in [1.54, 1.807) is 18.2 Å². The summed E-state index contributed by atoms with van der Waals surface area (Å²) < 4.78 is 13.4. The van der Waals surface area contributed by atoms with Crippen molar-refractivity contribution < 1.29 is 9.18 Å². The molecule has 1 aliphatic rings. The summed E-state index contributed by atoms with van der Waals surface area (Å²) in [6.07, 6.45) is 4.04. The van der Waals surface area contributed by atoms with Gasteiger partial charge in [-0.15, -0.1) is 0 Å². The van der Waals surface area contributed by atoms with Crippen LogP contribution < -0.4 is 11.1 Å². The zero-order chi connectivity index (χ0) is 14.5. The Kier molecular flexibility index (Phi) is 5.09. The van der Waals surface area contributed by atoms with E-state index in [9.17, 15) is 9.18 Å². The minimum Gasteiger partial charge on any atom is -0.328 e. The summed E-state index contributed by atoms with van der Waals surface area (Å²) >= 11 is 0. The molecule has 0 radical (unpaired) electrons. The number of carbonyl (C=O) groups is 1. The maximum atomic E-state index is 13.4. The Morgan fingerprint density at radius 3 is 2.65 bits per heavy atom. The molecule has 0 unspecified atom stereocenters. The Morgan fingerprint density at radius 1 is 1.35 bits per heavy atom. The average Bonchev–Trinajstić information content (AvgIpc) is 2.42. The minimum absolute atomic E-state index is 0.188. The largest absolute Gasteiger partial charge is 0.328 e. The maximum Gasteiger partial charge on any atom is 0.238 e. The molecule has 20 heavy (non-hydrogen) atoms. The lowest BCUT2D eigenvalue weighted by Crippen LogP contribution is -2.42. The third-order valence-corrected chi connectivity index (χ3v) is 3.91. The molecule has 0 aliphatic heterocycles. The van der Waals surface area contributed by atoms with Crippen molar-refractivity contribution in [2.75, 3.05) is 18.9 Å². The smallest absolute Gasteiger partial charge is 0.238 e. The van der Waals surface area contributed by atoms with Gasteiger partial charge in [0.05, 0.1) is 12.2 Å². The van der Waals surface area contributed by atoms with Crippen LogP contribution in [0, 0.1) is 5.82 Å². The van der Waals surface area contributed by atoms with Gasteiger partial charge in [-0.25, -0.2) is 4.39 Å². The van der Waals surface area contributed by atoms with Crippen molar-refractivity contribution in [3.05, 3.63) is 30.1 Å². The van der Waals surface area contributed by atoms with Crippen LogP contribution in [0.3, 0.4) is 0 Å². The molecule has 1 aromatic rings. The minimum atomic E-state index is -0.410. The fourth-order valence-electron chi connectivity index (χ4n) is 2.65. The molecule has 0 saturated heterocycles. The molecule has 1 aliphatic carbocycles. The van der Waals surface area contributed by atoms with Crippen molar-refractivity contribution in [2.24, 2.45) is 5.73 Å². The highest BCUT2D eigenvalue weighted by Crippen LogP contribution is 2.21. The third kappa shape index (κ3) is 4.02. The summed E-state index contributed by atoms with van der Waals surface area (Å²) in [5.41, 5.74) is 6.11. The number of nitrogens with zero attached hydrogens (tertiary/aromatic N) is 1. The Balaban J connectivity index is 1.84. The lowest BCUT2D eigenvalue weighted by atomic mass is 9.91. The Bertz CT molecular complexity index is 458. The van der Waals surface area contributed by atoms with E-state index in [4.69, 9.17) is 5.73 Å². The Labute approximate surface area is 119 Å². The quantitative estimate of drug-likeness (QED) is 0.886. The van der Waals surface area contributed by atoms with Crippen LogP contribution in [-0.2, 0) is 4.79 Å². The lowest BCUT2D eigenvalue weighted by molar-refractivity contribution is -0.117. The van der Waals surface area contributed by atoms with Gasteiger partial charge >= 0.3 is 0 Å². The Hall–Kier alpha value is -1.46. The number of rotatable bonds is 4. The maximum absolute atomic E-state index is 13.4. The molecule has 1 aromatic carbocycles. The zero-order valence-electron chi connectivity index (χ0n) is 11.8. The lowest BCUT2D eigenvalue weighted by Gasteiger charge is -2.33. The van der Waals surface area contributed by atoms with Crippen molar-refractivity contribution in [1.82, 2.24) is 4.90 Å². The molecule has 2 rings (SSSR count). The standard InChI is InChI=1S/C15H22FN3O/c1-19(12-8-6-11(17)7-9-12)10-15(20)18-14-5-3-2-4-13(14)16/h2-5,11-12H,6-10,17H2,1H3,(H,18,20). The normalized spacial score (nSPS) is 22.8. The molecule has 5 heteroatoms. The number of benzene rings is 1. The van der Waals surface area contributed by atoms with Gasteiger partial charge in [0.25, 0.3) is 0 Å². The second-order valence-corrected chi connectivity index (χ2v) is 5.51. The molecule has 0 atom stereocenters. The number of halogens is 1. The van der Waals surface area contributed by atoms with E-state index >= 15 is 0 Å². The molecule has 0 heterocycles. The summed E-state index contributed by atoms with van der Waals surface area (Å²) in [5, 5.41) is 2.61. The van der Waals surface area contributed by atoms with Crippen LogP contribution >= 0.6 is 0 Å². The topological polar surface area (TPSA) is 58.4 Å². The summed E-state index contributed by atoms with van der Waals surface area (Å²) in [5.74, 6) is -0.598. The highest BCUT2D eigenvalue weighted by atomic mass is 19.1. The number of nitrogens with one attached hydrogen (secondary N) is 1. The molecular weight excluding hydrogens is 257 g/mol. The van der Waals surface area contributed by atoms with Gasteiger partial charge in [0.2, 0.25) is 5.91 Å². The van der Waals surface area contributed by atoms with Crippen molar-refractivity contribution in [2.45, 2.75) is 37.8 Å². The van der Waals surface area contributed by atoms with Crippen molar-refractivity contribution in [3.63, 3.8) is 0 Å². The van der Waals surface area contributed by atoms with Gasteiger partial charge in [0.1, 0.15) is 5.82 Å². The monoisotopic (exact) mass is 279 g/mol. The summed E-state index contributed by atoms with van der Waals surface area (Å²) in [6.45, 7) is 0.272. The fraction of sp³-hybridized carbons (Fsp3) is 0.533. The zero-order valence-corrected chi connectivity index (χ0v) is 11.8. The number of hydrogen-bond donors (Lipinski definition) is 2. The second kappa shape index (κ2) is 6.81. The van der Waals surface area contributed by atoms with Crippen LogP contribution in [0.1, 0.15) is 25.7 Å². The first-order valence-electron chi connectivity index (χ1n) is 7.06. The molecule has 4 nitrogen and oxygen atoms in total. The van der Waals surface area contributed by atoms with Gasteiger partial charge < -0.3 is 11.1 Å². The predicted octanol–water partition coefficient (Wildman–Crippen LogP) is 1.97. The van der Waals surface area contributed by atoms with Gasteiger partial charge in [-0.2, -0.15) is 0 Å². The molecule has 0 spiro atoms. The molecule has 0 aromatic heterocycles. The summed E-state index contributed by atoms with van der Waals surface area (Å²) in [6, 6.07) is 6.88. The van der Waals surface area contributed by atoms with E-state index in [2.05, 4.69) is 5.32 Å². The second-order valence-electron chi connectivity index (χ2n) is 5.51. The van der Waals surface area contributed by atoms with Gasteiger partial charge in [-0.1, -0.05) is 12.1 Å². The number of likely N-dealkylation sites (N-methyl/N-ethyl adjacent to an activating group) is 1. The predicted molar refractivity (Wildman–Crippen MR) is 77.9 cm³/mol. The van der Waals surface area contributed by atoms with E-state index in [1.165, 1.54) is 6.07 Å². The molecule has 110 valence electrons. The number of amides is 1. The third-order valence-electron chi connectivity index (χ3n) is 3.91. The van der Waals surface area contributed by atoms with Gasteiger partial charge in [0.15, 0.2) is 0 Å². The Morgan fingerprint density at radius 2 is 2.00 bits per heavy atom. The summed E-state index contributed by atoms with van der Waals surface area (Å²) in [4.78, 5) is 14.0. The van der Waals surface area contributed by atoms with Gasteiger partial charge in [-0.3, -0.25) is 9.69 Å². The van der Waals surface area contributed by atoms with E-state index in [-0.39, 0.29) is 18.1 Å². The van der Waals surface area contributed by atoms with Crippen molar-refractivity contribution >= 4 is 11.6 Å². The van der Waals surface area contributed by atoms with E-state index in [1.807, 2.05) is 11.9 Å². The number of para-hydroxylation sites is 1. The van der Waals surface area contributed by atoms with Crippen LogP contribution in [0.25, 0.3) is 0 Å². The van der Waals surface area contributed by atoms with E-state index in [0.29, 0.717) is 12.1 Å². The highest BCUT2D eigenvalue weighted by Gasteiger charge is 2.23. The van der Waals surface area contributed by atoms with E-state index in [0.717, 1.165) is 25.7 Å². The average molecular weight is 279 g/mol. The SMILES string of the molecule is CN(CC(=O)Nc1ccccc1F)C1CCC(N)CC1. The van der Waals surface area contributed by atoms with Crippen LogP contribution in [0.2, 0.25) is 0 Å². The highest BCUT2D eigenvalue weighted by molar-refractivity contribution is 5.92. The first kappa shape index (κ1) is 14.9. The van der Waals surface area contributed by atoms with Gasteiger partial charge in [0, 0.05) is 12.1 Å². The molecule has 1 fully saturated rings. The van der Waals surface area contributed by atoms with Crippen LogP contribution in [0.4, 0.5) is 10.1 Å². The molecule has 0 bridgehead atoms. The first-order valence-corrected chi connectivity index (χ1v) is 7.06. The number of hydrogen-bond acceptors (Lipinski definition) is 3. The molecule has 1 saturated carbocycles. The fourth-order valence-corrected chi connectivity index (χ4v) is 2.65. The molecule has 3 N–H and O–H groups in total. The molecular formula is C15H22FN3O. The number of nitrogens with two attached hydrogens (primary N) is 1.